The van der Waals surface area contributed by atoms with Crippen LogP contribution in [0.1, 0.15) is 12.7 Å². The molecule has 1 aromatic carbocycles. The third-order valence-corrected chi connectivity index (χ3v) is 2.94. The number of carbonyl (C=O) groups excluding carboxylic acids is 1. The fourth-order valence-corrected chi connectivity index (χ4v) is 1.91. The van der Waals surface area contributed by atoms with Gasteiger partial charge in [-0.25, -0.2) is 4.79 Å². The maximum atomic E-state index is 11.0. The van der Waals surface area contributed by atoms with E-state index in [0.29, 0.717) is 5.75 Å². The van der Waals surface area contributed by atoms with Crippen molar-refractivity contribution in [1.29, 1.82) is 0 Å². The molecule has 2 aromatic rings. The highest BCUT2D eigenvalue weighted by Gasteiger charge is 2.06. The van der Waals surface area contributed by atoms with Gasteiger partial charge in [0.25, 0.3) is 0 Å². The molecule has 0 aliphatic rings. The number of hydrogen-bond acceptors (Lipinski definition) is 5. The summed E-state index contributed by atoms with van der Waals surface area (Å²) in [4.78, 5) is 11.0. The standard InChI is InChI=1S/C16H19NO4/c1-12(10-15-4-3-9-20-15)17-13-5-7-14(8-6-13)21-11-16(18)19-2/h3-9,12,17H,10-11H2,1-2H3. The Kier molecular flexibility index (Phi) is 5.26. The van der Waals surface area contributed by atoms with E-state index in [1.54, 1.807) is 6.26 Å². The van der Waals surface area contributed by atoms with E-state index in [0.717, 1.165) is 17.9 Å². The second-order valence-corrected chi connectivity index (χ2v) is 4.72. The number of nitrogens with one attached hydrogen (secondary N) is 1. The van der Waals surface area contributed by atoms with Crippen LogP contribution in [0.25, 0.3) is 0 Å². The maximum Gasteiger partial charge on any atom is 0.343 e. The highest BCUT2D eigenvalue weighted by molar-refractivity contribution is 5.70. The smallest absolute Gasteiger partial charge is 0.343 e. The molecule has 0 aliphatic heterocycles. The topological polar surface area (TPSA) is 60.7 Å². The molecule has 1 heterocycles. The third kappa shape index (κ3) is 4.87. The fourth-order valence-electron chi connectivity index (χ4n) is 1.91. The van der Waals surface area contributed by atoms with Crippen LogP contribution in [-0.2, 0) is 16.0 Å². The lowest BCUT2D eigenvalue weighted by Gasteiger charge is -2.14. The Morgan fingerprint density at radius 3 is 2.67 bits per heavy atom. The number of furan rings is 1. The quantitative estimate of drug-likeness (QED) is 0.794. The number of anilines is 1. The summed E-state index contributed by atoms with van der Waals surface area (Å²) in [6, 6.07) is 11.5. The summed E-state index contributed by atoms with van der Waals surface area (Å²) >= 11 is 0. The molecule has 5 heteroatoms. The van der Waals surface area contributed by atoms with Crippen molar-refractivity contribution in [2.75, 3.05) is 19.0 Å². The van der Waals surface area contributed by atoms with Crippen molar-refractivity contribution in [2.24, 2.45) is 0 Å². The van der Waals surface area contributed by atoms with Crippen LogP contribution in [0.4, 0.5) is 5.69 Å². The minimum absolute atomic E-state index is 0.0851. The average molecular weight is 289 g/mol. The zero-order chi connectivity index (χ0) is 15.1. The Morgan fingerprint density at radius 2 is 2.05 bits per heavy atom. The molecule has 2 rings (SSSR count). The number of carbonyl (C=O) groups is 1. The van der Waals surface area contributed by atoms with Gasteiger partial charge >= 0.3 is 5.97 Å². The Hall–Kier alpha value is -2.43. The number of benzene rings is 1. The van der Waals surface area contributed by atoms with Crippen LogP contribution in [0, 0.1) is 0 Å². The highest BCUT2D eigenvalue weighted by Crippen LogP contribution is 2.17. The molecule has 0 fully saturated rings. The van der Waals surface area contributed by atoms with Crippen molar-refractivity contribution in [3.63, 3.8) is 0 Å². The summed E-state index contributed by atoms with van der Waals surface area (Å²) in [7, 11) is 1.33. The predicted octanol–water partition coefficient (Wildman–Crippen LogP) is 2.87. The first kappa shape index (κ1) is 15.0. The summed E-state index contributed by atoms with van der Waals surface area (Å²) in [6.45, 7) is 2.00. The van der Waals surface area contributed by atoms with E-state index in [-0.39, 0.29) is 12.6 Å². The van der Waals surface area contributed by atoms with E-state index >= 15 is 0 Å². The molecular weight excluding hydrogens is 270 g/mol. The van der Waals surface area contributed by atoms with E-state index in [4.69, 9.17) is 9.15 Å². The van der Waals surface area contributed by atoms with Crippen LogP contribution in [-0.4, -0.2) is 25.7 Å². The molecule has 0 aliphatic carbocycles. The molecule has 0 saturated carbocycles. The Labute approximate surface area is 123 Å². The Bertz CT molecular complexity index is 548. The lowest BCUT2D eigenvalue weighted by Crippen LogP contribution is -2.17. The molecule has 1 unspecified atom stereocenters. The highest BCUT2D eigenvalue weighted by atomic mass is 16.6. The van der Waals surface area contributed by atoms with Gasteiger partial charge in [-0.1, -0.05) is 0 Å². The molecule has 0 bridgehead atoms. The van der Waals surface area contributed by atoms with Gasteiger partial charge in [-0.3, -0.25) is 0 Å². The first-order chi connectivity index (χ1) is 10.2. The van der Waals surface area contributed by atoms with Crippen molar-refractivity contribution < 1.29 is 18.7 Å². The maximum absolute atomic E-state index is 11.0. The summed E-state index contributed by atoms with van der Waals surface area (Å²) < 4.78 is 15.1. The van der Waals surface area contributed by atoms with Gasteiger partial charge in [-0.05, 0) is 43.3 Å². The van der Waals surface area contributed by atoms with E-state index in [1.807, 2.05) is 36.4 Å². The molecular formula is C16H19NO4. The molecule has 0 radical (unpaired) electrons. The molecule has 0 spiro atoms. The first-order valence-corrected chi connectivity index (χ1v) is 6.76. The van der Waals surface area contributed by atoms with E-state index < -0.39 is 5.97 Å². The first-order valence-electron chi connectivity index (χ1n) is 6.76. The molecule has 1 aromatic heterocycles. The predicted molar refractivity (Wildman–Crippen MR) is 79.4 cm³/mol. The van der Waals surface area contributed by atoms with Gasteiger partial charge in [-0.2, -0.15) is 0 Å². The zero-order valence-electron chi connectivity index (χ0n) is 12.2. The molecule has 0 amide bonds. The number of hydrogen-bond donors (Lipinski definition) is 1. The summed E-state index contributed by atoms with van der Waals surface area (Å²) in [5.41, 5.74) is 0.986. The Balaban J connectivity index is 1.82. The van der Waals surface area contributed by atoms with Gasteiger partial charge in [0.05, 0.1) is 13.4 Å². The van der Waals surface area contributed by atoms with E-state index in [1.165, 1.54) is 7.11 Å². The SMILES string of the molecule is COC(=O)COc1ccc(NC(C)Cc2ccco2)cc1. The monoisotopic (exact) mass is 289 g/mol. The minimum Gasteiger partial charge on any atom is -0.482 e. The van der Waals surface area contributed by atoms with Crippen molar-refractivity contribution in [3.05, 3.63) is 48.4 Å². The van der Waals surface area contributed by atoms with Gasteiger partial charge in [-0.15, -0.1) is 0 Å². The van der Waals surface area contributed by atoms with Gasteiger partial charge in [0.2, 0.25) is 0 Å². The lowest BCUT2D eigenvalue weighted by atomic mass is 10.2. The number of rotatable bonds is 7. The largest absolute Gasteiger partial charge is 0.482 e. The normalized spacial score (nSPS) is 11.7. The fraction of sp³-hybridized carbons (Fsp3) is 0.312. The van der Waals surface area contributed by atoms with Crippen molar-refractivity contribution in [1.82, 2.24) is 0 Å². The molecule has 1 atom stereocenters. The average Bonchev–Trinajstić information content (AvgIpc) is 2.99. The number of ether oxygens (including phenoxy) is 2. The van der Waals surface area contributed by atoms with Gasteiger partial charge in [0.1, 0.15) is 11.5 Å². The van der Waals surface area contributed by atoms with Crippen LogP contribution in [0.5, 0.6) is 5.75 Å². The summed E-state index contributed by atoms with van der Waals surface area (Å²) in [6.07, 6.45) is 2.49. The van der Waals surface area contributed by atoms with Gasteiger partial charge < -0.3 is 19.2 Å². The van der Waals surface area contributed by atoms with Crippen LogP contribution in [0.15, 0.2) is 47.1 Å². The van der Waals surface area contributed by atoms with Crippen molar-refractivity contribution >= 4 is 11.7 Å². The number of esters is 1. The summed E-state index contributed by atoms with van der Waals surface area (Å²) in [5.74, 6) is 1.18. The zero-order valence-corrected chi connectivity index (χ0v) is 12.2. The molecule has 5 nitrogen and oxygen atoms in total. The van der Waals surface area contributed by atoms with Gasteiger partial charge in [0.15, 0.2) is 6.61 Å². The number of methoxy groups -OCH3 is 1. The van der Waals surface area contributed by atoms with Crippen LogP contribution in [0.3, 0.4) is 0 Å². The lowest BCUT2D eigenvalue weighted by molar-refractivity contribution is -0.142. The minimum atomic E-state index is -0.399. The molecule has 1 N–H and O–H groups in total. The Morgan fingerprint density at radius 1 is 1.29 bits per heavy atom. The van der Waals surface area contributed by atoms with Crippen LogP contribution >= 0.6 is 0 Å². The van der Waals surface area contributed by atoms with Crippen LogP contribution in [0.2, 0.25) is 0 Å². The summed E-state index contributed by atoms with van der Waals surface area (Å²) in [5, 5.41) is 3.38. The second-order valence-electron chi connectivity index (χ2n) is 4.72. The van der Waals surface area contributed by atoms with Crippen molar-refractivity contribution in [2.45, 2.75) is 19.4 Å². The van der Waals surface area contributed by atoms with E-state index in [2.05, 4.69) is 17.0 Å². The molecule has 21 heavy (non-hydrogen) atoms. The third-order valence-electron chi connectivity index (χ3n) is 2.94. The van der Waals surface area contributed by atoms with Crippen molar-refractivity contribution in [3.8, 4) is 5.75 Å². The van der Waals surface area contributed by atoms with Gasteiger partial charge in [0, 0.05) is 18.2 Å². The van der Waals surface area contributed by atoms with Crippen LogP contribution < -0.4 is 10.1 Å². The van der Waals surface area contributed by atoms with E-state index in [9.17, 15) is 4.79 Å². The molecule has 112 valence electrons. The second kappa shape index (κ2) is 7.38. The molecule has 0 saturated heterocycles.